The molecule has 0 heterocycles. The molecule has 0 spiro atoms. The van der Waals surface area contributed by atoms with Crippen molar-refractivity contribution in [3.05, 3.63) is 76.4 Å². The van der Waals surface area contributed by atoms with Crippen LogP contribution in [-0.4, -0.2) is 5.78 Å². The first-order valence-electron chi connectivity index (χ1n) is 7.57. The maximum atomic E-state index is 12.6. The van der Waals surface area contributed by atoms with Crippen molar-refractivity contribution in [2.45, 2.75) is 19.8 Å². The smallest absolute Gasteiger partial charge is 0.169 e. The fourth-order valence-corrected chi connectivity index (χ4v) is 2.91. The number of carbonyl (C=O) groups excluding carboxylic acids is 1. The maximum absolute atomic E-state index is 12.6. The minimum absolute atomic E-state index is 0.0926. The average molecular weight is 289 g/mol. The van der Waals surface area contributed by atoms with E-state index in [1.807, 2.05) is 30.3 Å². The van der Waals surface area contributed by atoms with Gasteiger partial charge < -0.3 is 5.73 Å². The Hall–Kier alpha value is -2.61. The Morgan fingerprint density at radius 1 is 1.09 bits per heavy atom. The molecule has 1 aliphatic carbocycles. The van der Waals surface area contributed by atoms with Crippen molar-refractivity contribution in [1.29, 1.82) is 0 Å². The van der Waals surface area contributed by atoms with Crippen LogP contribution in [-0.2, 0) is 0 Å². The zero-order valence-corrected chi connectivity index (χ0v) is 12.7. The van der Waals surface area contributed by atoms with E-state index in [2.05, 4.69) is 31.2 Å². The van der Waals surface area contributed by atoms with E-state index in [-0.39, 0.29) is 5.78 Å². The van der Waals surface area contributed by atoms with Gasteiger partial charge >= 0.3 is 0 Å². The van der Waals surface area contributed by atoms with Gasteiger partial charge in [0.1, 0.15) is 0 Å². The Morgan fingerprint density at radius 2 is 1.86 bits per heavy atom. The van der Waals surface area contributed by atoms with Crippen LogP contribution < -0.4 is 5.73 Å². The fraction of sp³-hybridized carbons (Fsp3) is 0.150. The molecule has 0 unspecified atom stereocenters. The van der Waals surface area contributed by atoms with Gasteiger partial charge in [0.25, 0.3) is 0 Å². The van der Waals surface area contributed by atoms with E-state index in [1.54, 1.807) is 6.07 Å². The highest BCUT2D eigenvalue weighted by molar-refractivity contribution is 6.07. The molecule has 2 aromatic rings. The molecule has 3 rings (SSSR count). The highest BCUT2D eigenvalue weighted by Crippen LogP contribution is 2.32. The van der Waals surface area contributed by atoms with E-state index in [1.165, 1.54) is 5.57 Å². The average Bonchev–Trinajstić information content (AvgIpc) is 2.65. The molecular weight excluding hydrogens is 270 g/mol. The summed E-state index contributed by atoms with van der Waals surface area (Å²) in [4.78, 5) is 12.6. The number of Topliss-reactive ketones (excluding diaryl/α,β-unsaturated/α-hetero) is 1. The molecule has 0 radical (unpaired) electrons. The molecule has 0 saturated carbocycles. The van der Waals surface area contributed by atoms with Crippen LogP contribution in [0.5, 0.6) is 0 Å². The Morgan fingerprint density at radius 3 is 2.59 bits per heavy atom. The number of nitrogens with two attached hydrogens (primary N) is 1. The van der Waals surface area contributed by atoms with Crippen molar-refractivity contribution in [3.63, 3.8) is 0 Å². The van der Waals surface area contributed by atoms with Crippen molar-refractivity contribution >= 4 is 23.6 Å². The molecule has 2 N–H and O–H groups in total. The lowest BCUT2D eigenvalue weighted by molar-refractivity contribution is 0.0995. The van der Waals surface area contributed by atoms with Gasteiger partial charge in [-0.2, -0.15) is 0 Å². The Balaban J connectivity index is 2.11. The number of ketones is 1. The maximum Gasteiger partial charge on any atom is 0.169 e. The van der Waals surface area contributed by atoms with Crippen LogP contribution in [0.4, 0.5) is 5.69 Å². The normalized spacial score (nSPS) is 16.1. The molecule has 110 valence electrons. The lowest BCUT2D eigenvalue weighted by Gasteiger charge is -2.08. The van der Waals surface area contributed by atoms with Crippen LogP contribution in [0.3, 0.4) is 0 Å². The number of nitrogen functional groups attached to an aromatic ring is 1. The van der Waals surface area contributed by atoms with Gasteiger partial charge in [-0.1, -0.05) is 61.5 Å². The molecule has 0 aromatic heterocycles. The third kappa shape index (κ3) is 2.73. The second kappa shape index (κ2) is 6.02. The van der Waals surface area contributed by atoms with Gasteiger partial charge in [0.15, 0.2) is 5.78 Å². The predicted octanol–water partition coefficient (Wildman–Crippen LogP) is 4.73. The molecule has 2 heteroatoms. The first kappa shape index (κ1) is 14.3. The Labute approximate surface area is 131 Å². The first-order valence-corrected chi connectivity index (χ1v) is 7.57. The molecule has 22 heavy (non-hydrogen) atoms. The van der Waals surface area contributed by atoms with Crippen molar-refractivity contribution in [2.24, 2.45) is 0 Å². The number of carbonyl (C=O) groups is 1. The minimum Gasteiger partial charge on any atom is -0.398 e. The van der Waals surface area contributed by atoms with E-state index in [0.29, 0.717) is 17.7 Å². The standard InChI is InChI=1S/C20H19NO/c1-2-15-12-16-9-6-10-18(21)20(16)19(22)13-17(15)11-14-7-4-3-5-8-14/h3-12H,2,13,21H2,1H3/b17-11-. The summed E-state index contributed by atoms with van der Waals surface area (Å²) in [7, 11) is 0. The van der Waals surface area contributed by atoms with Crippen molar-refractivity contribution < 1.29 is 4.79 Å². The van der Waals surface area contributed by atoms with Crippen LogP contribution in [0.1, 0.15) is 41.3 Å². The lowest BCUT2D eigenvalue weighted by Crippen LogP contribution is -2.05. The van der Waals surface area contributed by atoms with Crippen LogP contribution in [0.15, 0.2) is 59.7 Å². The van der Waals surface area contributed by atoms with Crippen molar-refractivity contribution in [2.75, 3.05) is 5.73 Å². The number of fused-ring (bicyclic) bond motifs is 1. The number of anilines is 1. The summed E-state index contributed by atoms with van der Waals surface area (Å²) in [5.74, 6) is 0.0926. The number of rotatable bonds is 2. The molecule has 0 bridgehead atoms. The summed E-state index contributed by atoms with van der Waals surface area (Å²) in [6.07, 6.45) is 5.50. The van der Waals surface area contributed by atoms with Gasteiger partial charge in [-0.05, 0) is 34.8 Å². The molecular formula is C20H19NO. The predicted molar refractivity (Wildman–Crippen MR) is 92.5 cm³/mol. The summed E-state index contributed by atoms with van der Waals surface area (Å²) in [5, 5.41) is 0. The number of hydrogen-bond donors (Lipinski definition) is 1. The quantitative estimate of drug-likeness (QED) is 0.812. The summed E-state index contributed by atoms with van der Waals surface area (Å²) < 4.78 is 0. The first-order chi connectivity index (χ1) is 10.7. The van der Waals surface area contributed by atoms with Gasteiger partial charge in [-0.3, -0.25) is 4.79 Å². The van der Waals surface area contributed by atoms with Crippen LogP contribution in [0.2, 0.25) is 0 Å². The minimum atomic E-state index is 0.0926. The zero-order chi connectivity index (χ0) is 15.5. The third-order valence-corrected chi connectivity index (χ3v) is 4.02. The van der Waals surface area contributed by atoms with Crippen LogP contribution in [0, 0.1) is 0 Å². The third-order valence-electron chi connectivity index (χ3n) is 4.02. The molecule has 0 atom stereocenters. The van der Waals surface area contributed by atoms with Gasteiger partial charge in [-0.15, -0.1) is 0 Å². The van der Waals surface area contributed by atoms with Gasteiger partial charge in [-0.25, -0.2) is 0 Å². The molecule has 1 aliphatic rings. The molecule has 0 aliphatic heterocycles. The molecule has 0 saturated heterocycles. The summed E-state index contributed by atoms with van der Waals surface area (Å²) in [5.41, 5.74) is 11.6. The molecule has 2 aromatic carbocycles. The number of benzene rings is 2. The zero-order valence-electron chi connectivity index (χ0n) is 12.7. The van der Waals surface area contributed by atoms with E-state index in [0.717, 1.165) is 23.1 Å². The van der Waals surface area contributed by atoms with E-state index in [4.69, 9.17) is 5.73 Å². The monoisotopic (exact) mass is 289 g/mol. The van der Waals surface area contributed by atoms with Crippen molar-refractivity contribution in [1.82, 2.24) is 0 Å². The largest absolute Gasteiger partial charge is 0.398 e. The van der Waals surface area contributed by atoms with Crippen LogP contribution in [0.25, 0.3) is 12.2 Å². The summed E-state index contributed by atoms with van der Waals surface area (Å²) >= 11 is 0. The second-order valence-corrected chi connectivity index (χ2v) is 5.51. The van der Waals surface area contributed by atoms with Crippen molar-refractivity contribution in [3.8, 4) is 0 Å². The van der Waals surface area contributed by atoms with E-state index in [9.17, 15) is 4.79 Å². The molecule has 2 nitrogen and oxygen atoms in total. The number of allylic oxidation sites excluding steroid dienone is 2. The fourth-order valence-electron chi connectivity index (χ4n) is 2.91. The highest BCUT2D eigenvalue weighted by atomic mass is 16.1. The Bertz CT molecular complexity index is 770. The SMILES string of the molecule is CCC1=Cc2cccc(N)c2C(=O)C/C1=C/c1ccccc1. The van der Waals surface area contributed by atoms with Gasteiger partial charge in [0.2, 0.25) is 0 Å². The number of hydrogen-bond acceptors (Lipinski definition) is 2. The second-order valence-electron chi connectivity index (χ2n) is 5.51. The molecule has 0 fully saturated rings. The summed E-state index contributed by atoms with van der Waals surface area (Å²) in [6.45, 7) is 2.12. The topological polar surface area (TPSA) is 43.1 Å². The summed E-state index contributed by atoms with van der Waals surface area (Å²) in [6, 6.07) is 15.8. The Kier molecular flexibility index (Phi) is 3.92. The molecule has 0 amide bonds. The lowest BCUT2D eigenvalue weighted by atomic mass is 9.96. The van der Waals surface area contributed by atoms with E-state index < -0.39 is 0 Å². The van der Waals surface area contributed by atoms with Gasteiger partial charge in [0.05, 0.1) is 0 Å². The van der Waals surface area contributed by atoms with Gasteiger partial charge in [0, 0.05) is 17.7 Å². The highest BCUT2D eigenvalue weighted by Gasteiger charge is 2.20. The van der Waals surface area contributed by atoms with E-state index >= 15 is 0 Å². The van der Waals surface area contributed by atoms with Crippen LogP contribution >= 0.6 is 0 Å².